The van der Waals surface area contributed by atoms with Crippen LogP contribution < -0.4 is 15.4 Å². The summed E-state index contributed by atoms with van der Waals surface area (Å²) in [5.41, 5.74) is 12.6. The van der Waals surface area contributed by atoms with Gasteiger partial charge >= 0.3 is 0 Å². The van der Waals surface area contributed by atoms with Crippen molar-refractivity contribution >= 4 is 49.6 Å². The lowest BCUT2D eigenvalue weighted by Crippen LogP contribution is -2.37. The third kappa shape index (κ3) is 7.74. The molecule has 2 heterocycles. The fourth-order valence-corrected chi connectivity index (χ4v) is 11.1. The van der Waals surface area contributed by atoms with Crippen molar-refractivity contribution in [2.24, 2.45) is 11.3 Å². The number of rotatable bonds is 11. The van der Waals surface area contributed by atoms with Gasteiger partial charge in [0.25, 0.3) is 0 Å². The summed E-state index contributed by atoms with van der Waals surface area (Å²) in [5, 5.41) is 10.5. The molecule has 0 radical (unpaired) electrons. The van der Waals surface area contributed by atoms with Gasteiger partial charge in [0, 0.05) is 40.4 Å². The molecule has 2 aromatic heterocycles. The van der Waals surface area contributed by atoms with E-state index in [0.29, 0.717) is 12.5 Å². The second-order valence-electron chi connectivity index (χ2n) is 19.2. The van der Waals surface area contributed by atoms with Gasteiger partial charge in [-0.15, -0.1) is 17.3 Å². The molecule has 4 aliphatic rings. The fourth-order valence-electron chi connectivity index (χ4n) is 9.93. The summed E-state index contributed by atoms with van der Waals surface area (Å²) in [7, 11) is 0. The average molecular weight is 775 g/mol. The van der Waals surface area contributed by atoms with E-state index in [0.717, 1.165) is 37.0 Å². The molecule has 296 valence electrons. The zero-order chi connectivity index (χ0) is 40.1. The number of para-hydroxylation sites is 1. The first-order valence-corrected chi connectivity index (χ1v) is 22.5. The molecule has 2 N–H and O–H groups in total. The molecular formula is C52H63BN2OS. The molecule has 8 rings (SSSR count). The highest BCUT2D eigenvalue weighted by atomic mass is 32.1. The van der Waals surface area contributed by atoms with Crippen molar-refractivity contribution < 1.29 is 4.42 Å². The minimum atomic E-state index is 0.0675. The zero-order valence-corrected chi connectivity index (χ0v) is 36.6. The topological polar surface area (TPSA) is 37.2 Å². The van der Waals surface area contributed by atoms with E-state index in [2.05, 4.69) is 158 Å². The van der Waals surface area contributed by atoms with E-state index in [4.69, 9.17) is 4.42 Å². The van der Waals surface area contributed by atoms with Gasteiger partial charge in [-0.3, -0.25) is 0 Å². The van der Waals surface area contributed by atoms with Crippen LogP contribution >= 0.6 is 11.3 Å². The lowest BCUT2D eigenvalue weighted by atomic mass is 9.43. The molecular weight excluding hydrogens is 711 g/mol. The number of fused-ring (bicyclic) bond motifs is 6. The molecule has 0 saturated heterocycles. The molecule has 57 heavy (non-hydrogen) atoms. The Balaban J connectivity index is 1.21. The zero-order valence-electron chi connectivity index (χ0n) is 35.8. The van der Waals surface area contributed by atoms with Crippen LogP contribution in [0.1, 0.15) is 123 Å². The van der Waals surface area contributed by atoms with Crippen molar-refractivity contribution in [2.45, 2.75) is 124 Å². The van der Waals surface area contributed by atoms with Crippen molar-refractivity contribution in [3.8, 4) is 0 Å². The molecule has 0 spiro atoms. The summed E-state index contributed by atoms with van der Waals surface area (Å²) in [6.07, 6.45) is 25.1. The molecule has 5 heteroatoms. The van der Waals surface area contributed by atoms with Crippen molar-refractivity contribution in [3.05, 3.63) is 142 Å². The van der Waals surface area contributed by atoms with Gasteiger partial charge in [-0.2, -0.15) is 0 Å². The third-order valence-electron chi connectivity index (χ3n) is 13.9. The molecule has 2 aromatic carbocycles. The Labute approximate surface area is 346 Å². The molecule has 0 amide bonds. The molecule has 1 saturated carbocycles. The molecule has 4 aliphatic carbocycles. The molecule has 0 bridgehead atoms. The third-order valence-corrected chi connectivity index (χ3v) is 15.0. The fraction of sp³-hybridized carbons (Fsp3) is 0.423. The normalized spacial score (nSPS) is 22.6. The van der Waals surface area contributed by atoms with Crippen LogP contribution in [-0.2, 0) is 17.3 Å². The van der Waals surface area contributed by atoms with Gasteiger partial charge in [-0.1, -0.05) is 122 Å². The average Bonchev–Trinajstić information content (AvgIpc) is 3.80. The number of aryl methyl sites for hydroxylation is 1. The second-order valence-corrected chi connectivity index (χ2v) is 20.3. The van der Waals surface area contributed by atoms with E-state index < -0.39 is 0 Å². The summed E-state index contributed by atoms with van der Waals surface area (Å²) >= 11 is 1.97. The first-order chi connectivity index (χ1) is 27.3. The van der Waals surface area contributed by atoms with Crippen molar-refractivity contribution in [3.63, 3.8) is 0 Å². The molecule has 4 aromatic rings. The predicted octanol–water partition coefficient (Wildman–Crippen LogP) is 13.0. The van der Waals surface area contributed by atoms with Gasteiger partial charge in [0.1, 0.15) is 11.3 Å². The molecule has 0 aliphatic heterocycles. The molecule has 2 unspecified atom stereocenters. The second kappa shape index (κ2) is 15.5. The SMILES string of the molecule is C=C/C(=C\C=C\B(/C(=C\NC1C=C2C(=CC1)C(C)CCC2(C)C)CNC1=CCCc2oc3ccccc3c21)c1cc2cc3c(cc2s1)C(C)(C)CCC3(C)C)CC. The van der Waals surface area contributed by atoms with E-state index in [1.54, 1.807) is 11.1 Å². The van der Waals surface area contributed by atoms with Crippen LogP contribution in [0.25, 0.3) is 26.8 Å². The molecule has 3 nitrogen and oxygen atoms in total. The number of thiophene rings is 1. The monoisotopic (exact) mass is 774 g/mol. The van der Waals surface area contributed by atoms with Gasteiger partial charge in [0.05, 0.1) is 0 Å². The van der Waals surface area contributed by atoms with Crippen LogP contribution in [0.3, 0.4) is 0 Å². The minimum absolute atomic E-state index is 0.0675. The van der Waals surface area contributed by atoms with Crippen LogP contribution in [0.5, 0.6) is 0 Å². The summed E-state index contributed by atoms with van der Waals surface area (Å²) in [4.78, 5) is 0. The Bertz CT molecular complexity index is 2330. The number of furan rings is 1. The van der Waals surface area contributed by atoms with Gasteiger partial charge in [-0.05, 0) is 136 Å². The highest BCUT2D eigenvalue weighted by molar-refractivity contribution is 7.30. The van der Waals surface area contributed by atoms with Crippen molar-refractivity contribution in [1.82, 2.24) is 10.6 Å². The first kappa shape index (κ1) is 39.6. The van der Waals surface area contributed by atoms with Crippen molar-refractivity contribution in [2.75, 3.05) is 6.54 Å². The minimum Gasteiger partial charge on any atom is -0.460 e. The Morgan fingerprint density at radius 2 is 1.75 bits per heavy atom. The molecule has 2 atom stereocenters. The highest BCUT2D eigenvalue weighted by Gasteiger charge is 2.38. The highest BCUT2D eigenvalue weighted by Crippen LogP contribution is 2.49. The predicted molar refractivity (Wildman–Crippen MR) is 249 cm³/mol. The van der Waals surface area contributed by atoms with Crippen molar-refractivity contribution in [1.29, 1.82) is 0 Å². The van der Waals surface area contributed by atoms with E-state index in [-0.39, 0.29) is 29.0 Å². The van der Waals surface area contributed by atoms with Crippen LogP contribution in [0, 0.1) is 11.3 Å². The van der Waals surface area contributed by atoms with E-state index in [9.17, 15) is 0 Å². The molecule has 1 fully saturated rings. The van der Waals surface area contributed by atoms with E-state index in [1.807, 2.05) is 17.4 Å². The Kier molecular flexibility index (Phi) is 10.8. The summed E-state index contributed by atoms with van der Waals surface area (Å²) in [6, 6.07) is 16.3. The van der Waals surface area contributed by atoms with Gasteiger partial charge < -0.3 is 15.1 Å². The number of hydrogen-bond acceptors (Lipinski definition) is 4. The maximum atomic E-state index is 6.40. The number of nitrogens with one attached hydrogen (secondary N) is 2. The van der Waals surface area contributed by atoms with Crippen LogP contribution in [0.4, 0.5) is 0 Å². The Morgan fingerprint density at radius 1 is 0.982 bits per heavy atom. The standard InChI is InChI=1S/C52H63BN2OS/c1-10-35(11-2)16-15-27-53(48-29-36-28-42-43(31-47(36)57-48)52(8,9)26-25-51(42,6)7)37(32-54-38-21-22-39-34(3)23-24-50(4,5)41(39)30-38)33-55-44-18-14-20-46-49(44)40-17-12-13-19-45(40)56-46/h10,12-13,15-19,22,27-32,34,38,54-55H,1,11,14,20-21,23-26,33H2,2-9H3/b27-15+,35-16+,37-32-. The number of allylic oxidation sites excluding steroid dienone is 7. The van der Waals surface area contributed by atoms with Crippen LogP contribution in [0.15, 0.2) is 124 Å². The summed E-state index contributed by atoms with van der Waals surface area (Å²) in [6.45, 7) is 24.1. The van der Waals surface area contributed by atoms with Crippen LogP contribution in [-0.4, -0.2) is 19.3 Å². The number of hydrogen-bond donors (Lipinski definition) is 2. The maximum absolute atomic E-state index is 6.40. The van der Waals surface area contributed by atoms with Gasteiger partial charge in [0.15, 0.2) is 0 Å². The van der Waals surface area contributed by atoms with E-state index in [1.165, 1.54) is 79.4 Å². The van der Waals surface area contributed by atoms with Crippen LogP contribution in [0.2, 0.25) is 0 Å². The summed E-state index contributed by atoms with van der Waals surface area (Å²) < 4.78 is 9.16. The smallest absolute Gasteiger partial charge is 0.246 e. The Morgan fingerprint density at radius 3 is 2.53 bits per heavy atom. The first-order valence-electron chi connectivity index (χ1n) is 21.7. The summed E-state index contributed by atoms with van der Waals surface area (Å²) in [5.74, 6) is 4.14. The quantitative estimate of drug-likeness (QED) is 0.118. The van der Waals surface area contributed by atoms with Gasteiger partial charge in [0.2, 0.25) is 6.71 Å². The van der Waals surface area contributed by atoms with E-state index >= 15 is 0 Å². The Hall–Kier alpha value is -4.22. The number of benzene rings is 2. The van der Waals surface area contributed by atoms with Gasteiger partial charge in [-0.25, -0.2) is 0 Å². The largest absolute Gasteiger partial charge is 0.460 e. The lowest BCUT2D eigenvalue weighted by Gasteiger charge is -2.41. The lowest BCUT2D eigenvalue weighted by molar-refractivity contribution is 0.325. The maximum Gasteiger partial charge on any atom is 0.246 e.